The van der Waals surface area contributed by atoms with E-state index in [0.717, 1.165) is 38.5 Å². The first-order chi connectivity index (χ1) is 36.9. The van der Waals surface area contributed by atoms with Crippen LogP contribution in [0.15, 0.2) is 12.5 Å². The summed E-state index contributed by atoms with van der Waals surface area (Å²) in [5.41, 5.74) is 6.18. The first-order valence-electron chi connectivity index (χ1n) is 27.0. The van der Waals surface area contributed by atoms with Gasteiger partial charge in [0, 0.05) is 45.0 Å². The number of hydrogen-bond acceptors (Lipinski definition) is 15. The molecule has 0 spiro atoms. The standard InChI is InChI=1S/C51H88N10O16/c1-53-41(31-37-32-54-36-57-37)51(75)60-40(23-24-45(66)67)50(74)59-39(20-16-18-27-61(33-46(68)69)34-47(70)71)49(73)58-38(48(52)72)19-15-17-25-55-43(63)35-77-30-29-76-28-26-56-42(62)21-13-11-9-7-5-3-2-4-6-8-10-12-14-22-44(64)65/h32,36,38-41,53H,2-31,33-35H2,1H3,(H2,52,72)(H,54,57)(H,55,63)(H,56,62)(H,58,73)(H,59,74)(H,60,75)(H,64,65)(H,66,67)(H,68,69)(H,70,71)/t38-,39-,40-,41-/m0/s1. The van der Waals surface area contributed by atoms with Gasteiger partial charge in [-0.15, -0.1) is 0 Å². The number of carbonyl (C=O) groups is 10. The summed E-state index contributed by atoms with van der Waals surface area (Å²) < 4.78 is 10.9. The summed E-state index contributed by atoms with van der Waals surface area (Å²) in [6.45, 7) is -0.120. The number of nitrogens with two attached hydrogens (primary N) is 1. The number of carboxylic acids is 4. The summed E-state index contributed by atoms with van der Waals surface area (Å²) in [4.78, 5) is 131. The third-order valence-corrected chi connectivity index (χ3v) is 12.4. The van der Waals surface area contributed by atoms with Crippen molar-refractivity contribution in [2.24, 2.45) is 5.73 Å². The number of aromatic nitrogens is 2. The molecule has 0 saturated heterocycles. The Bertz CT molecular complexity index is 1880. The quantitative estimate of drug-likeness (QED) is 0.0410. The van der Waals surface area contributed by atoms with Crippen molar-refractivity contribution < 1.29 is 77.8 Å². The third-order valence-electron chi connectivity index (χ3n) is 12.4. The van der Waals surface area contributed by atoms with Crippen LogP contribution in [0.4, 0.5) is 0 Å². The second kappa shape index (κ2) is 43.8. The van der Waals surface area contributed by atoms with Gasteiger partial charge in [-0.3, -0.25) is 52.8 Å². The van der Waals surface area contributed by atoms with Gasteiger partial charge in [0.05, 0.1) is 51.0 Å². The Kier molecular flexibility index (Phi) is 39.1. The Hall–Kier alpha value is -6.25. The molecule has 0 aromatic carbocycles. The number of hydrogen-bond donors (Lipinski definition) is 12. The van der Waals surface area contributed by atoms with Gasteiger partial charge >= 0.3 is 23.9 Å². The lowest BCUT2D eigenvalue weighted by Gasteiger charge is -2.26. The molecule has 0 saturated carbocycles. The molecule has 26 heteroatoms. The van der Waals surface area contributed by atoms with Crippen LogP contribution in [-0.4, -0.2) is 185 Å². The molecule has 0 fully saturated rings. The number of ether oxygens (including phenoxy) is 2. The normalized spacial score (nSPS) is 12.7. The molecule has 1 aromatic heterocycles. The van der Waals surface area contributed by atoms with E-state index in [1.165, 1.54) is 63.2 Å². The van der Waals surface area contributed by atoms with Gasteiger partial charge in [0.1, 0.15) is 24.7 Å². The van der Waals surface area contributed by atoms with Crippen molar-refractivity contribution in [2.45, 2.75) is 178 Å². The second-order valence-corrected chi connectivity index (χ2v) is 19.0. The van der Waals surface area contributed by atoms with Crippen LogP contribution in [-0.2, 0) is 63.8 Å². The average Bonchev–Trinajstić information content (AvgIpc) is 3.89. The first-order valence-corrected chi connectivity index (χ1v) is 27.0. The number of nitrogens with one attached hydrogen (secondary N) is 7. The predicted octanol–water partition coefficient (Wildman–Crippen LogP) is 1.36. The summed E-state index contributed by atoms with van der Waals surface area (Å²) in [7, 11) is 1.51. The van der Waals surface area contributed by atoms with E-state index < -0.39 is 97.1 Å². The lowest BCUT2D eigenvalue weighted by molar-refractivity contribution is -0.142. The Balaban J connectivity index is 2.51. The minimum atomic E-state index is -1.42. The maximum atomic E-state index is 13.8. The number of carbonyl (C=O) groups excluding carboxylic acids is 6. The van der Waals surface area contributed by atoms with Gasteiger partial charge in [-0.25, -0.2) is 4.98 Å². The molecule has 1 aromatic rings. The van der Waals surface area contributed by atoms with Gasteiger partial charge < -0.3 is 72.5 Å². The van der Waals surface area contributed by atoms with Crippen molar-refractivity contribution in [3.05, 3.63) is 18.2 Å². The zero-order valence-electron chi connectivity index (χ0n) is 45.0. The molecule has 1 rings (SSSR count). The fourth-order valence-electron chi connectivity index (χ4n) is 8.12. The average molecular weight is 1100 g/mol. The van der Waals surface area contributed by atoms with Gasteiger partial charge in [-0.2, -0.15) is 0 Å². The molecular weight excluding hydrogens is 1010 g/mol. The highest BCUT2D eigenvalue weighted by Crippen LogP contribution is 2.14. The monoisotopic (exact) mass is 1100 g/mol. The van der Waals surface area contributed by atoms with Gasteiger partial charge in [-0.1, -0.05) is 70.6 Å². The lowest BCUT2D eigenvalue weighted by Crippen LogP contribution is -2.58. The molecule has 13 N–H and O–H groups in total. The number of H-pyrrole nitrogens is 1. The zero-order chi connectivity index (χ0) is 57.1. The van der Waals surface area contributed by atoms with Gasteiger partial charge in [0.25, 0.3) is 0 Å². The van der Waals surface area contributed by atoms with E-state index in [1.807, 2.05) is 0 Å². The molecule has 0 unspecified atom stereocenters. The minimum absolute atomic E-state index is 0.0101. The van der Waals surface area contributed by atoms with Crippen molar-refractivity contribution in [3.8, 4) is 0 Å². The van der Waals surface area contributed by atoms with Crippen LogP contribution >= 0.6 is 0 Å². The SMILES string of the molecule is CN[C@@H](Cc1c[nH]cn1)C(=O)N[C@@H](CCC(=O)O)C(=O)N[C@@H](CCCCN(CC(=O)O)CC(=O)O)C(=O)N[C@@H](CCCCNC(=O)COCCOCCNC(=O)CCCCCCCCCCCCCCCC(=O)O)C(N)=O. The van der Waals surface area contributed by atoms with E-state index in [-0.39, 0.29) is 83.8 Å². The highest BCUT2D eigenvalue weighted by molar-refractivity contribution is 5.95. The van der Waals surface area contributed by atoms with E-state index in [0.29, 0.717) is 38.1 Å². The number of unbranched alkanes of at least 4 members (excludes halogenated alkanes) is 14. The minimum Gasteiger partial charge on any atom is -0.481 e. The number of likely N-dealkylation sites (N-methyl/N-ethyl adjacent to an activating group) is 1. The molecule has 1 heterocycles. The third kappa shape index (κ3) is 38.0. The number of aliphatic carboxylic acids is 4. The van der Waals surface area contributed by atoms with Crippen LogP contribution in [0.5, 0.6) is 0 Å². The van der Waals surface area contributed by atoms with Gasteiger partial charge in [-0.05, 0) is 71.4 Å². The van der Waals surface area contributed by atoms with Crippen LogP contribution < -0.4 is 37.6 Å². The number of rotatable bonds is 51. The van der Waals surface area contributed by atoms with E-state index in [4.69, 9.17) is 20.3 Å². The van der Waals surface area contributed by atoms with Crippen LogP contribution in [0.1, 0.15) is 153 Å². The lowest BCUT2D eigenvalue weighted by atomic mass is 10.0. The van der Waals surface area contributed by atoms with E-state index >= 15 is 0 Å². The summed E-state index contributed by atoms with van der Waals surface area (Å²) >= 11 is 0. The number of primary amides is 1. The van der Waals surface area contributed by atoms with Crippen LogP contribution in [0.25, 0.3) is 0 Å². The van der Waals surface area contributed by atoms with Crippen molar-refractivity contribution in [1.82, 2.24) is 46.8 Å². The van der Waals surface area contributed by atoms with Crippen molar-refractivity contribution in [1.29, 1.82) is 0 Å². The topological polar surface area (TPSA) is 400 Å². The Labute approximate surface area is 451 Å². The highest BCUT2D eigenvalue weighted by Gasteiger charge is 2.31. The molecule has 0 aliphatic rings. The number of aromatic amines is 1. The fourth-order valence-corrected chi connectivity index (χ4v) is 8.12. The summed E-state index contributed by atoms with van der Waals surface area (Å²) in [5, 5.41) is 52.5. The van der Waals surface area contributed by atoms with Crippen molar-refractivity contribution in [2.75, 3.05) is 66.2 Å². The molecule has 26 nitrogen and oxygen atoms in total. The summed E-state index contributed by atoms with van der Waals surface area (Å²) in [6.07, 6.45) is 18.2. The number of imidazole rings is 1. The maximum absolute atomic E-state index is 13.8. The molecule has 6 amide bonds. The van der Waals surface area contributed by atoms with E-state index in [2.05, 4.69) is 41.9 Å². The molecule has 0 aliphatic carbocycles. The largest absolute Gasteiger partial charge is 0.481 e. The summed E-state index contributed by atoms with van der Waals surface area (Å²) in [6, 6.07) is -4.89. The van der Waals surface area contributed by atoms with Gasteiger partial charge in [0.2, 0.25) is 35.4 Å². The van der Waals surface area contributed by atoms with Crippen LogP contribution in [0.2, 0.25) is 0 Å². The first kappa shape index (κ1) is 68.8. The molecule has 0 bridgehead atoms. The van der Waals surface area contributed by atoms with E-state index in [9.17, 15) is 63.3 Å². The molecule has 77 heavy (non-hydrogen) atoms. The van der Waals surface area contributed by atoms with Gasteiger partial charge in [0.15, 0.2) is 0 Å². The number of nitrogens with zero attached hydrogens (tertiary/aromatic N) is 2. The van der Waals surface area contributed by atoms with E-state index in [1.54, 1.807) is 6.20 Å². The fraction of sp³-hybridized carbons (Fsp3) is 0.745. The Morgan fingerprint density at radius 3 is 1.57 bits per heavy atom. The maximum Gasteiger partial charge on any atom is 0.317 e. The zero-order valence-corrected chi connectivity index (χ0v) is 45.0. The molecule has 438 valence electrons. The molecular formula is C51H88N10O16. The second-order valence-electron chi connectivity index (χ2n) is 19.0. The van der Waals surface area contributed by atoms with Crippen molar-refractivity contribution >= 4 is 59.3 Å². The number of carboxylic acid groups (broad SMARTS) is 4. The Morgan fingerprint density at radius 1 is 0.545 bits per heavy atom. The predicted molar refractivity (Wildman–Crippen MR) is 281 cm³/mol. The van der Waals surface area contributed by atoms with Crippen LogP contribution in [0.3, 0.4) is 0 Å². The smallest absolute Gasteiger partial charge is 0.317 e. The molecule has 4 atom stereocenters. The Morgan fingerprint density at radius 2 is 1.04 bits per heavy atom. The molecule has 0 radical (unpaired) electrons. The number of amides is 6. The molecule has 0 aliphatic heterocycles. The van der Waals surface area contributed by atoms with Crippen molar-refractivity contribution in [3.63, 3.8) is 0 Å². The van der Waals surface area contributed by atoms with Crippen LogP contribution in [0, 0.1) is 0 Å². The highest BCUT2D eigenvalue weighted by atomic mass is 16.5. The summed E-state index contributed by atoms with van der Waals surface area (Å²) in [5.74, 6) is -8.17.